The van der Waals surface area contributed by atoms with Gasteiger partial charge < -0.3 is 4.74 Å². The standard InChI is InChI=1S/C21H18N4O3S/c1-3-12-29-21-23-19(26)17-15-6-4-5-7-16(15)22-18(25(17)24-21)13-8-10-14(11-9-13)20(27)28-2/h3-11,18H,1,12H2,2H3,(H,23,24,26)/t18-/m1/s1. The van der Waals surface area contributed by atoms with Crippen molar-refractivity contribution in [1.82, 2.24) is 10.3 Å². The summed E-state index contributed by atoms with van der Waals surface area (Å²) in [6.07, 6.45) is 1.22. The molecule has 0 fully saturated rings. The van der Waals surface area contributed by atoms with Gasteiger partial charge in [-0.05, 0) is 23.8 Å². The van der Waals surface area contributed by atoms with Crippen LogP contribution < -0.4 is 15.9 Å². The summed E-state index contributed by atoms with van der Waals surface area (Å²) >= 11 is 1.39. The molecule has 2 aliphatic rings. The number of hydrogen-bond acceptors (Lipinski definition) is 7. The van der Waals surface area contributed by atoms with Crippen LogP contribution in [0.1, 0.15) is 22.1 Å². The Hall–Kier alpha value is -3.39. The number of nitrogens with one attached hydrogen (secondary N) is 1. The molecule has 4 rings (SSSR count). The number of para-hydroxylation sites is 1. The molecule has 1 N–H and O–H groups in total. The van der Waals surface area contributed by atoms with E-state index in [-0.39, 0.29) is 5.91 Å². The zero-order valence-corrected chi connectivity index (χ0v) is 16.5. The second-order valence-corrected chi connectivity index (χ2v) is 7.29. The second-order valence-electron chi connectivity index (χ2n) is 6.29. The molecule has 0 radical (unpaired) electrons. The minimum atomic E-state index is -0.531. The Labute approximate surface area is 171 Å². The Bertz CT molecular complexity index is 1140. The van der Waals surface area contributed by atoms with Crippen LogP contribution in [0.2, 0.25) is 0 Å². The minimum absolute atomic E-state index is 0.231. The van der Waals surface area contributed by atoms with Crippen molar-refractivity contribution in [2.24, 2.45) is 10.1 Å². The molecule has 0 bridgehead atoms. The van der Waals surface area contributed by atoms with E-state index in [1.165, 1.54) is 18.9 Å². The van der Waals surface area contributed by atoms with Gasteiger partial charge in [0.1, 0.15) is 5.70 Å². The Morgan fingerprint density at radius 3 is 2.76 bits per heavy atom. The monoisotopic (exact) mass is 406 g/mol. The molecule has 1 amide bonds. The summed E-state index contributed by atoms with van der Waals surface area (Å²) in [6, 6.07) is 14.4. The van der Waals surface area contributed by atoms with Gasteiger partial charge in [-0.3, -0.25) is 15.1 Å². The summed E-state index contributed by atoms with van der Waals surface area (Å²) in [7, 11) is 1.34. The largest absolute Gasteiger partial charge is 0.465 e. The third kappa shape index (κ3) is 3.54. The number of amides is 1. The Kier molecular flexibility index (Phi) is 5.18. The average molecular weight is 406 g/mol. The highest BCUT2D eigenvalue weighted by atomic mass is 32.2. The Balaban J connectivity index is 1.83. The van der Waals surface area contributed by atoms with Gasteiger partial charge >= 0.3 is 5.97 Å². The maximum absolute atomic E-state index is 12.9. The number of rotatable bonds is 4. The number of thioether (sulfide) groups is 1. The molecule has 8 heteroatoms. The summed E-state index contributed by atoms with van der Waals surface area (Å²) in [5.41, 5.74) is 1.69. The van der Waals surface area contributed by atoms with Crippen molar-refractivity contribution in [3.05, 3.63) is 82.9 Å². The molecule has 2 aliphatic heterocycles. The fraction of sp³-hybridized carbons (Fsp3) is 0.143. The molecule has 146 valence electrons. The molecule has 2 heterocycles. The molecule has 0 saturated heterocycles. The number of hydrazone groups is 1. The van der Waals surface area contributed by atoms with Crippen molar-refractivity contribution in [1.29, 1.82) is 0 Å². The van der Waals surface area contributed by atoms with Crippen LogP contribution in [0.5, 0.6) is 0 Å². The van der Waals surface area contributed by atoms with E-state index in [0.717, 1.165) is 10.8 Å². The number of methoxy groups -OCH3 is 1. The van der Waals surface area contributed by atoms with Crippen molar-refractivity contribution >= 4 is 34.5 Å². The molecule has 0 unspecified atom stereocenters. The highest BCUT2D eigenvalue weighted by molar-refractivity contribution is 8.14. The lowest BCUT2D eigenvalue weighted by Gasteiger charge is -2.34. The molecule has 29 heavy (non-hydrogen) atoms. The zero-order valence-electron chi connectivity index (χ0n) is 15.7. The van der Waals surface area contributed by atoms with Crippen molar-refractivity contribution < 1.29 is 14.3 Å². The van der Waals surface area contributed by atoms with E-state index < -0.39 is 12.1 Å². The number of carbonyl (C=O) groups is 2. The SMILES string of the molecule is C=CCSC1=NN2C(=c3ccccc3=N[C@H]2c2ccc(C(=O)OC)cc2)C(=O)N1. The van der Waals surface area contributed by atoms with Crippen molar-refractivity contribution in [2.45, 2.75) is 6.17 Å². The molecule has 0 aromatic heterocycles. The summed E-state index contributed by atoms with van der Waals surface area (Å²) < 4.78 is 4.76. The number of ether oxygens (including phenoxy) is 1. The van der Waals surface area contributed by atoms with Crippen LogP contribution in [0.15, 0.2) is 71.3 Å². The normalized spacial score (nSPS) is 17.3. The molecular formula is C21H18N4O3S. The van der Waals surface area contributed by atoms with Crippen LogP contribution in [0, 0.1) is 0 Å². The van der Waals surface area contributed by atoms with E-state index in [4.69, 9.17) is 9.73 Å². The van der Waals surface area contributed by atoms with Crippen LogP contribution in [0.4, 0.5) is 0 Å². The van der Waals surface area contributed by atoms with Gasteiger partial charge in [-0.25, -0.2) is 9.80 Å². The molecular weight excluding hydrogens is 388 g/mol. The van der Waals surface area contributed by atoms with Gasteiger partial charge in [-0.15, -0.1) is 11.7 Å². The van der Waals surface area contributed by atoms with E-state index >= 15 is 0 Å². The molecule has 0 aliphatic carbocycles. The molecule has 0 saturated carbocycles. The van der Waals surface area contributed by atoms with Gasteiger partial charge in [0.25, 0.3) is 5.91 Å². The smallest absolute Gasteiger partial charge is 0.337 e. The van der Waals surface area contributed by atoms with E-state index in [9.17, 15) is 9.59 Å². The highest BCUT2D eigenvalue weighted by Gasteiger charge is 2.34. The Morgan fingerprint density at radius 1 is 1.28 bits per heavy atom. The molecule has 2 aromatic rings. The van der Waals surface area contributed by atoms with Crippen LogP contribution in [-0.2, 0) is 9.53 Å². The first kappa shape index (κ1) is 18.9. The van der Waals surface area contributed by atoms with Gasteiger partial charge in [0, 0.05) is 11.0 Å². The van der Waals surface area contributed by atoms with E-state index in [1.807, 2.05) is 24.3 Å². The number of benzene rings is 2. The maximum Gasteiger partial charge on any atom is 0.337 e. The van der Waals surface area contributed by atoms with Crippen molar-refractivity contribution in [3.8, 4) is 0 Å². The average Bonchev–Trinajstić information content (AvgIpc) is 2.76. The summed E-state index contributed by atoms with van der Waals surface area (Å²) in [4.78, 5) is 29.5. The summed E-state index contributed by atoms with van der Waals surface area (Å²) in [5, 5.41) is 11.0. The van der Waals surface area contributed by atoms with E-state index in [0.29, 0.717) is 27.5 Å². The second kappa shape index (κ2) is 7.92. The third-order valence-electron chi connectivity index (χ3n) is 4.48. The first-order valence-corrected chi connectivity index (χ1v) is 9.89. The number of fused-ring (bicyclic) bond motifs is 2. The predicted molar refractivity (Wildman–Crippen MR) is 111 cm³/mol. The van der Waals surface area contributed by atoms with Gasteiger partial charge in [-0.1, -0.05) is 48.2 Å². The number of esters is 1. The first-order chi connectivity index (χ1) is 14.1. The van der Waals surface area contributed by atoms with Gasteiger partial charge in [0.05, 0.1) is 18.0 Å². The quantitative estimate of drug-likeness (QED) is 0.615. The van der Waals surface area contributed by atoms with E-state index in [2.05, 4.69) is 17.0 Å². The third-order valence-corrected chi connectivity index (χ3v) is 5.34. The fourth-order valence-corrected chi connectivity index (χ4v) is 3.74. The molecule has 2 aromatic carbocycles. The minimum Gasteiger partial charge on any atom is -0.465 e. The lowest BCUT2D eigenvalue weighted by Crippen LogP contribution is -2.50. The lowest BCUT2D eigenvalue weighted by molar-refractivity contribution is -0.116. The maximum atomic E-state index is 12.9. The lowest BCUT2D eigenvalue weighted by atomic mass is 10.1. The van der Waals surface area contributed by atoms with Crippen LogP contribution >= 0.6 is 11.8 Å². The van der Waals surface area contributed by atoms with Gasteiger partial charge in [0.2, 0.25) is 0 Å². The molecule has 0 spiro atoms. The topological polar surface area (TPSA) is 83.4 Å². The zero-order chi connectivity index (χ0) is 20.4. The Morgan fingerprint density at radius 2 is 2.03 bits per heavy atom. The summed E-state index contributed by atoms with van der Waals surface area (Å²) in [6.45, 7) is 3.70. The number of amidine groups is 1. The van der Waals surface area contributed by atoms with Gasteiger partial charge in [-0.2, -0.15) is 0 Å². The first-order valence-electron chi connectivity index (χ1n) is 8.90. The number of nitrogens with zero attached hydrogens (tertiary/aromatic N) is 3. The fourth-order valence-electron chi connectivity index (χ4n) is 3.16. The number of hydrogen-bond donors (Lipinski definition) is 1. The molecule has 1 atom stereocenters. The van der Waals surface area contributed by atoms with E-state index in [1.54, 1.807) is 35.4 Å². The van der Waals surface area contributed by atoms with Crippen LogP contribution in [0.3, 0.4) is 0 Å². The molecule has 7 nitrogen and oxygen atoms in total. The predicted octanol–water partition coefficient (Wildman–Crippen LogP) is 1.54. The summed E-state index contributed by atoms with van der Waals surface area (Å²) in [5.74, 6) is -0.0209. The number of carbonyl (C=O) groups excluding carboxylic acids is 2. The van der Waals surface area contributed by atoms with Crippen molar-refractivity contribution in [3.63, 3.8) is 0 Å². The highest BCUT2D eigenvalue weighted by Crippen LogP contribution is 2.30. The van der Waals surface area contributed by atoms with Gasteiger partial charge in [0.15, 0.2) is 11.3 Å². The van der Waals surface area contributed by atoms with Crippen LogP contribution in [-0.4, -0.2) is 34.9 Å². The van der Waals surface area contributed by atoms with Crippen LogP contribution in [0.25, 0.3) is 5.70 Å². The van der Waals surface area contributed by atoms with Crippen molar-refractivity contribution in [2.75, 3.05) is 12.9 Å².